The molecule has 0 aliphatic rings. The molecule has 0 amide bonds. The van der Waals surface area contributed by atoms with Gasteiger partial charge in [0.25, 0.3) is 0 Å². The number of aliphatic carboxylic acids is 1. The number of carbonyl (C=O) groups is 1. The van der Waals surface area contributed by atoms with Crippen LogP contribution in [-0.2, 0) is 10.2 Å². The summed E-state index contributed by atoms with van der Waals surface area (Å²) in [4.78, 5) is 9.78. The molecule has 0 heterocycles. The summed E-state index contributed by atoms with van der Waals surface area (Å²) in [5.74, 6) is 0.316. The third-order valence-electron chi connectivity index (χ3n) is 4.53. The molecular formula is C23H30O8S. The zero-order valence-electron chi connectivity index (χ0n) is 18.1. The quantitative estimate of drug-likeness (QED) is 0.316. The van der Waals surface area contributed by atoms with E-state index in [-0.39, 0.29) is 18.6 Å². The highest BCUT2D eigenvalue weighted by Gasteiger charge is 2.23. The molecular weight excluding hydrogens is 436 g/mol. The van der Waals surface area contributed by atoms with Crippen LogP contribution >= 0.6 is 12.2 Å². The lowest BCUT2D eigenvalue weighted by Crippen LogP contribution is -2.21. The predicted octanol–water partition coefficient (Wildman–Crippen LogP) is 2.46. The fourth-order valence-corrected chi connectivity index (χ4v) is 2.77. The third kappa shape index (κ3) is 9.19. The average molecular weight is 467 g/mol. The monoisotopic (exact) mass is 466 g/mol. The maximum atomic E-state index is 9.78. The molecule has 0 aliphatic heterocycles. The van der Waals surface area contributed by atoms with E-state index in [4.69, 9.17) is 35.0 Å². The number of hydrogen-bond acceptors (Lipinski definition) is 7. The van der Waals surface area contributed by atoms with Crippen molar-refractivity contribution in [1.29, 1.82) is 0 Å². The Bertz CT molecular complexity index is 781. The second-order valence-electron chi connectivity index (χ2n) is 7.27. The van der Waals surface area contributed by atoms with Gasteiger partial charge in [-0.05, 0) is 47.6 Å². The van der Waals surface area contributed by atoms with Gasteiger partial charge in [0.15, 0.2) is 5.05 Å². The molecule has 5 N–H and O–H groups in total. The Morgan fingerprint density at radius 3 is 1.50 bits per heavy atom. The lowest BCUT2D eigenvalue weighted by molar-refractivity contribution is -0.138. The van der Waals surface area contributed by atoms with Crippen LogP contribution in [0.5, 0.6) is 11.5 Å². The highest BCUT2D eigenvalue weighted by Crippen LogP contribution is 2.33. The number of hydrogen-bond donors (Lipinski definition) is 5. The first-order chi connectivity index (χ1) is 15.1. The summed E-state index contributed by atoms with van der Waals surface area (Å²) in [6.45, 7) is 4.96. The van der Waals surface area contributed by atoms with Crippen molar-refractivity contribution in [1.82, 2.24) is 0 Å². The number of carboxylic acid groups (broad SMARTS) is 1. The van der Waals surface area contributed by atoms with Gasteiger partial charge in [-0.3, -0.25) is 4.79 Å². The average Bonchev–Trinajstić information content (AvgIpc) is 2.76. The lowest BCUT2D eigenvalue weighted by atomic mass is 9.78. The first-order valence-corrected chi connectivity index (χ1v) is 10.3. The van der Waals surface area contributed by atoms with Crippen LogP contribution in [0.3, 0.4) is 0 Å². The van der Waals surface area contributed by atoms with E-state index in [2.05, 4.69) is 26.1 Å². The Morgan fingerprint density at radius 1 is 0.875 bits per heavy atom. The summed E-state index contributed by atoms with van der Waals surface area (Å²) in [6, 6.07) is 15.9. The Morgan fingerprint density at radius 2 is 1.25 bits per heavy atom. The van der Waals surface area contributed by atoms with Crippen molar-refractivity contribution < 1.29 is 39.8 Å². The number of aliphatic hydroxyl groups is 4. The zero-order valence-corrected chi connectivity index (χ0v) is 18.9. The molecule has 2 aromatic carbocycles. The van der Waals surface area contributed by atoms with Crippen LogP contribution in [0, 0.1) is 0 Å². The van der Waals surface area contributed by atoms with Crippen LogP contribution in [0.1, 0.15) is 31.4 Å². The second-order valence-corrected chi connectivity index (χ2v) is 7.69. The van der Waals surface area contributed by atoms with Gasteiger partial charge in [-0.1, -0.05) is 38.1 Å². The van der Waals surface area contributed by atoms with Gasteiger partial charge in [0, 0.05) is 5.41 Å². The van der Waals surface area contributed by atoms with Gasteiger partial charge in [0.1, 0.15) is 30.8 Å². The molecule has 1 atom stereocenters. The predicted molar refractivity (Wildman–Crippen MR) is 124 cm³/mol. The van der Waals surface area contributed by atoms with Gasteiger partial charge in [-0.25, -0.2) is 0 Å². The van der Waals surface area contributed by atoms with E-state index < -0.39 is 23.5 Å². The van der Waals surface area contributed by atoms with E-state index in [1.165, 1.54) is 11.1 Å². The standard InChI is InChI=1S/C19H24O4.C4H6O4S/c1-19(2,15-3-7-17(8-4-15)22-13-11-20)16-5-9-18(10-6-16)23-14-12-21;5-2(4(8)9)1-3(6)7/h3-10,20-21H,11-14H2,1-2H3;2,5H,1H2,(H,6,7)(H,8,9). The van der Waals surface area contributed by atoms with Crippen LogP contribution in [0.25, 0.3) is 0 Å². The summed E-state index contributed by atoms with van der Waals surface area (Å²) >= 11 is 4.08. The molecule has 32 heavy (non-hydrogen) atoms. The summed E-state index contributed by atoms with van der Waals surface area (Å²) in [6.07, 6.45) is -1.97. The molecule has 0 spiro atoms. The number of aliphatic hydroxyl groups excluding tert-OH is 4. The molecule has 0 saturated carbocycles. The zero-order chi connectivity index (χ0) is 24.1. The van der Waals surface area contributed by atoms with Crippen molar-refractivity contribution in [2.75, 3.05) is 26.4 Å². The van der Waals surface area contributed by atoms with Gasteiger partial charge in [-0.2, -0.15) is 0 Å². The molecule has 2 rings (SSSR count). The molecule has 2 aromatic rings. The SMILES string of the molecule is CC(C)(c1ccc(OCCO)cc1)c1ccc(OCCO)cc1.O=C(O)CC(O)C(O)=S. The molecule has 0 fully saturated rings. The minimum atomic E-state index is -1.42. The van der Waals surface area contributed by atoms with Crippen LogP contribution < -0.4 is 9.47 Å². The van der Waals surface area contributed by atoms with Crippen LogP contribution in [-0.4, -0.2) is 69.1 Å². The number of benzene rings is 2. The van der Waals surface area contributed by atoms with Gasteiger partial charge in [0.05, 0.1) is 19.6 Å². The van der Waals surface area contributed by atoms with Crippen molar-refractivity contribution in [3.05, 3.63) is 59.7 Å². The Hall–Kier alpha value is -2.72. The smallest absolute Gasteiger partial charge is 0.306 e. The maximum absolute atomic E-state index is 9.78. The molecule has 0 aromatic heterocycles. The molecule has 176 valence electrons. The first kappa shape index (κ1) is 27.3. The van der Waals surface area contributed by atoms with Crippen LogP contribution in [0.2, 0.25) is 0 Å². The summed E-state index contributed by atoms with van der Waals surface area (Å²) in [5, 5.41) is 41.7. The van der Waals surface area contributed by atoms with Crippen LogP contribution in [0.15, 0.2) is 48.5 Å². The second kappa shape index (κ2) is 13.6. The van der Waals surface area contributed by atoms with Gasteiger partial charge in [-0.15, -0.1) is 0 Å². The molecule has 0 aliphatic carbocycles. The van der Waals surface area contributed by atoms with E-state index in [0.717, 1.165) is 11.5 Å². The van der Waals surface area contributed by atoms with E-state index in [9.17, 15) is 4.79 Å². The minimum Gasteiger partial charge on any atom is -0.500 e. The molecule has 0 saturated heterocycles. The minimum absolute atomic E-state index is 0.0119. The van der Waals surface area contributed by atoms with Gasteiger partial charge >= 0.3 is 5.97 Å². The molecule has 8 nitrogen and oxygen atoms in total. The molecule has 9 heteroatoms. The van der Waals surface area contributed by atoms with Crippen LogP contribution in [0.4, 0.5) is 0 Å². The summed E-state index contributed by atoms with van der Waals surface area (Å²) in [5.41, 5.74) is 2.21. The number of ether oxygens (including phenoxy) is 2. The Kier molecular flexibility index (Phi) is 11.6. The normalized spacial score (nSPS) is 11.7. The number of thiocarbonyl (C=S) groups is 1. The molecule has 1 unspecified atom stereocenters. The maximum Gasteiger partial charge on any atom is 0.306 e. The fraction of sp³-hybridized carbons (Fsp3) is 0.391. The first-order valence-electron chi connectivity index (χ1n) is 9.92. The lowest BCUT2D eigenvalue weighted by Gasteiger charge is -2.26. The van der Waals surface area contributed by atoms with E-state index in [0.29, 0.717) is 13.2 Å². The van der Waals surface area contributed by atoms with Crippen molar-refractivity contribution in [2.45, 2.75) is 31.8 Å². The van der Waals surface area contributed by atoms with Crippen molar-refractivity contribution >= 4 is 23.2 Å². The van der Waals surface area contributed by atoms with Crippen molar-refractivity contribution in [3.63, 3.8) is 0 Å². The molecule has 0 radical (unpaired) electrons. The number of carboxylic acids is 1. The number of rotatable bonds is 11. The van der Waals surface area contributed by atoms with Crippen molar-refractivity contribution in [2.24, 2.45) is 0 Å². The third-order valence-corrected chi connectivity index (χ3v) is 4.80. The Balaban J connectivity index is 0.000000482. The summed E-state index contributed by atoms with van der Waals surface area (Å²) in [7, 11) is 0. The topological polar surface area (TPSA) is 137 Å². The van der Waals surface area contributed by atoms with Gasteiger partial charge in [0.2, 0.25) is 0 Å². The van der Waals surface area contributed by atoms with Crippen molar-refractivity contribution in [3.8, 4) is 11.5 Å². The fourth-order valence-electron chi connectivity index (χ4n) is 2.68. The highest BCUT2D eigenvalue weighted by molar-refractivity contribution is 7.80. The summed E-state index contributed by atoms with van der Waals surface area (Å²) < 4.78 is 10.8. The molecule has 0 bridgehead atoms. The van der Waals surface area contributed by atoms with E-state index in [1.807, 2.05) is 48.5 Å². The largest absolute Gasteiger partial charge is 0.500 e. The van der Waals surface area contributed by atoms with E-state index >= 15 is 0 Å². The Labute approximate surface area is 192 Å². The highest BCUT2D eigenvalue weighted by atomic mass is 32.1. The van der Waals surface area contributed by atoms with Gasteiger partial charge < -0.3 is 35.0 Å². The van der Waals surface area contributed by atoms with E-state index in [1.54, 1.807) is 0 Å².